The summed E-state index contributed by atoms with van der Waals surface area (Å²) < 4.78 is 23.1. The van der Waals surface area contributed by atoms with Gasteiger partial charge >= 0.3 is 0 Å². The summed E-state index contributed by atoms with van der Waals surface area (Å²) in [5.41, 5.74) is 4.25. The Morgan fingerprint density at radius 1 is 0.676 bits per heavy atom. The van der Waals surface area contributed by atoms with E-state index in [9.17, 15) is 0 Å². The summed E-state index contributed by atoms with van der Waals surface area (Å²) in [7, 11) is 7.27. The van der Waals surface area contributed by atoms with Gasteiger partial charge in [0.05, 0.1) is 39.6 Å². The van der Waals surface area contributed by atoms with Crippen LogP contribution in [0.5, 0.6) is 11.5 Å². The number of hydrogen-bond acceptors (Lipinski definition) is 4. The summed E-state index contributed by atoms with van der Waals surface area (Å²) in [6, 6.07) is 22.9. The molecule has 2 atom stereocenters. The lowest BCUT2D eigenvalue weighted by Gasteiger charge is -2.26. The van der Waals surface area contributed by atoms with Crippen molar-refractivity contribution in [3.05, 3.63) is 89.9 Å². The van der Waals surface area contributed by atoms with E-state index in [1.165, 1.54) is 10.6 Å². The number of ether oxygens (including phenoxy) is 4. The molecular formula is C29H31O4P. The third kappa shape index (κ3) is 4.56. The Balaban J connectivity index is 1.85. The molecule has 4 rings (SSSR count). The Labute approximate surface area is 204 Å². The van der Waals surface area contributed by atoms with E-state index in [2.05, 4.69) is 61.5 Å². The van der Waals surface area contributed by atoms with Crippen LogP contribution in [0, 0.1) is 5.92 Å². The van der Waals surface area contributed by atoms with E-state index in [1.807, 2.05) is 18.2 Å². The van der Waals surface area contributed by atoms with Crippen molar-refractivity contribution in [2.24, 2.45) is 5.92 Å². The summed E-state index contributed by atoms with van der Waals surface area (Å²) in [5.74, 6) is 3.71. The van der Waals surface area contributed by atoms with Crippen LogP contribution in [0.1, 0.15) is 18.9 Å². The number of methoxy groups -OCH3 is 4. The molecule has 0 aliphatic heterocycles. The maximum atomic E-state index is 5.89. The van der Waals surface area contributed by atoms with Gasteiger partial charge < -0.3 is 18.9 Å². The van der Waals surface area contributed by atoms with Gasteiger partial charge in [0.1, 0.15) is 23.0 Å². The van der Waals surface area contributed by atoms with Crippen molar-refractivity contribution in [3.8, 4) is 22.6 Å². The van der Waals surface area contributed by atoms with Gasteiger partial charge in [0, 0.05) is 5.92 Å². The average Bonchev–Trinajstić information content (AvgIpc) is 2.88. The lowest BCUT2D eigenvalue weighted by molar-refractivity contribution is 0.237. The van der Waals surface area contributed by atoms with Crippen LogP contribution in [0.15, 0.2) is 84.3 Å². The number of hydrogen-bond donors (Lipinski definition) is 0. The molecule has 0 N–H and O–H groups in total. The zero-order chi connectivity index (χ0) is 24.1. The molecule has 0 aromatic heterocycles. The smallest absolute Gasteiger partial charge is 0.130 e. The van der Waals surface area contributed by atoms with Crippen LogP contribution in [0.4, 0.5) is 0 Å². The molecule has 2 unspecified atom stereocenters. The molecule has 0 heterocycles. The predicted molar refractivity (Wildman–Crippen MR) is 142 cm³/mol. The molecule has 1 aliphatic rings. The van der Waals surface area contributed by atoms with Crippen LogP contribution >= 0.6 is 8.58 Å². The summed E-state index contributed by atoms with van der Waals surface area (Å²) in [5, 5.41) is 2.44. The fraction of sp³-hybridized carbons (Fsp3) is 0.241. The number of benzene rings is 3. The van der Waals surface area contributed by atoms with E-state index in [0.717, 1.165) is 51.7 Å². The maximum absolute atomic E-state index is 5.89. The summed E-state index contributed by atoms with van der Waals surface area (Å²) >= 11 is 0. The Kier molecular flexibility index (Phi) is 7.59. The van der Waals surface area contributed by atoms with Crippen LogP contribution in [-0.4, -0.2) is 28.4 Å². The molecule has 1 aliphatic carbocycles. The second-order valence-corrected chi connectivity index (χ2v) is 9.43. The highest BCUT2D eigenvalue weighted by Crippen LogP contribution is 2.41. The van der Waals surface area contributed by atoms with Crippen molar-refractivity contribution < 1.29 is 18.9 Å². The van der Waals surface area contributed by atoms with Crippen LogP contribution in [0.25, 0.3) is 16.7 Å². The normalized spacial score (nSPS) is 15.9. The third-order valence-corrected chi connectivity index (χ3v) is 7.54. The highest BCUT2D eigenvalue weighted by molar-refractivity contribution is 7.56. The number of rotatable bonds is 8. The largest absolute Gasteiger partial charge is 0.500 e. The molecule has 34 heavy (non-hydrogen) atoms. The van der Waals surface area contributed by atoms with Crippen LogP contribution < -0.4 is 20.1 Å². The quantitative estimate of drug-likeness (QED) is 0.380. The minimum absolute atomic E-state index is 0.292. The molecule has 0 radical (unpaired) electrons. The zero-order valence-corrected chi connectivity index (χ0v) is 21.3. The van der Waals surface area contributed by atoms with Crippen molar-refractivity contribution in [1.29, 1.82) is 0 Å². The third-order valence-electron chi connectivity index (χ3n) is 6.13. The highest BCUT2D eigenvalue weighted by atomic mass is 31.1. The molecule has 3 aromatic carbocycles. The topological polar surface area (TPSA) is 36.9 Å². The second-order valence-electron chi connectivity index (χ2n) is 8.11. The van der Waals surface area contributed by atoms with Gasteiger partial charge in [0.25, 0.3) is 0 Å². The lowest BCUT2D eigenvalue weighted by Crippen LogP contribution is -2.17. The van der Waals surface area contributed by atoms with Crippen molar-refractivity contribution in [1.82, 2.24) is 0 Å². The molecule has 0 fully saturated rings. The van der Waals surface area contributed by atoms with Crippen LogP contribution in [0.3, 0.4) is 0 Å². The molecule has 176 valence electrons. The van der Waals surface area contributed by atoms with Gasteiger partial charge in [-0.15, -0.1) is 0 Å². The van der Waals surface area contributed by atoms with Gasteiger partial charge in [-0.25, -0.2) is 0 Å². The molecular weight excluding hydrogens is 443 g/mol. The van der Waals surface area contributed by atoms with E-state index < -0.39 is 0 Å². The summed E-state index contributed by atoms with van der Waals surface area (Å²) in [6.45, 7) is 2.19. The Hall–Kier alpha value is -3.23. The van der Waals surface area contributed by atoms with E-state index in [1.54, 1.807) is 28.4 Å². The predicted octanol–water partition coefficient (Wildman–Crippen LogP) is 5.93. The molecule has 0 saturated heterocycles. The summed E-state index contributed by atoms with van der Waals surface area (Å²) in [4.78, 5) is 0. The van der Waals surface area contributed by atoms with Gasteiger partial charge in [-0.05, 0) is 46.4 Å². The van der Waals surface area contributed by atoms with Gasteiger partial charge in [-0.2, -0.15) is 0 Å². The number of allylic oxidation sites excluding steroid dienone is 3. The zero-order valence-electron chi connectivity index (χ0n) is 20.3. The SMILES string of the molecule is COC1=CCC(C)C(OC)=C1c1ccccc1Pc1ccccc1-c1c(OC)cccc1OC. The molecule has 0 amide bonds. The highest BCUT2D eigenvalue weighted by Gasteiger charge is 2.26. The minimum Gasteiger partial charge on any atom is -0.500 e. The van der Waals surface area contributed by atoms with E-state index >= 15 is 0 Å². The van der Waals surface area contributed by atoms with Gasteiger partial charge in [-0.3, -0.25) is 0 Å². The molecule has 0 spiro atoms. The van der Waals surface area contributed by atoms with Crippen molar-refractivity contribution >= 4 is 24.8 Å². The molecule has 3 aromatic rings. The minimum atomic E-state index is 0.292. The van der Waals surface area contributed by atoms with E-state index in [4.69, 9.17) is 18.9 Å². The molecule has 5 heteroatoms. The van der Waals surface area contributed by atoms with E-state index in [-0.39, 0.29) is 0 Å². The van der Waals surface area contributed by atoms with Crippen molar-refractivity contribution in [2.45, 2.75) is 13.3 Å². The first-order valence-electron chi connectivity index (χ1n) is 11.3. The van der Waals surface area contributed by atoms with E-state index in [0.29, 0.717) is 14.5 Å². The fourth-order valence-corrected chi connectivity index (χ4v) is 5.83. The standard InChI is InChI=1S/C29H31O4P/c1-19-17-18-24(32-4)28(29(19)33-5)21-12-7-9-16-26(21)34-25-15-8-6-11-20(25)27-22(30-2)13-10-14-23(27)31-3/h6-16,18-19,34H,17H2,1-5H3. The van der Waals surface area contributed by atoms with Crippen LogP contribution in [0.2, 0.25) is 0 Å². The fourth-order valence-electron chi connectivity index (χ4n) is 4.50. The molecule has 4 nitrogen and oxygen atoms in total. The van der Waals surface area contributed by atoms with Crippen molar-refractivity contribution in [3.63, 3.8) is 0 Å². The summed E-state index contributed by atoms with van der Waals surface area (Å²) in [6.07, 6.45) is 3.06. The lowest BCUT2D eigenvalue weighted by atomic mass is 9.90. The van der Waals surface area contributed by atoms with Gasteiger partial charge in [-0.1, -0.05) is 70.1 Å². The Bertz CT molecular complexity index is 1210. The van der Waals surface area contributed by atoms with Gasteiger partial charge in [0.15, 0.2) is 0 Å². The maximum Gasteiger partial charge on any atom is 0.130 e. The second kappa shape index (κ2) is 10.8. The molecule has 0 saturated carbocycles. The van der Waals surface area contributed by atoms with Crippen molar-refractivity contribution in [2.75, 3.05) is 28.4 Å². The first-order valence-corrected chi connectivity index (χ1v) is 12.3. The Morgan fingerprint density at radius 2 is 1.26 bits per heavy atom. The first-order chi connectivity index (χ1) is 16.6. The van der Waals surface area contributed by atoms with Gasteiger partial charge in [0.2, 0.25) is 0 Å². The first kappa shape index (κ1) is 23.9. The monoisotopic (exact) mass is 474 g/mol. The average molecular weight is 475 g/mol. The Morgan fingerprint density at radius 3 is 1.85 bits per heavy atom. The van der Waals surface area contributed by atoms with Crippen LogP contribution in [-0.2, 0) is 9.47 Å². The molecule has 0 bridgehead atoms.